The second-order valence-electron chi connectivity index (χ2n) is 6.80. The van der Waals surface area contributed by atoms with Gasteiger partial charge in [-0.1, -0.05) is 6.07 Å². The van der Waals surface area contributed by atoms with Crippen LogP contribution in [0.3, 0.4) is 0 Å². The molecule has 4 heteroatoms. The van der Waals surface area contributed by atoms with Crippen molar-refractivity contribution >= 4 is 17.1 Å². The van der Waals surface area contributed by atoms with Gasteiger partial charge >= 0.3 is 0 Å². The standard InChI is InChI=1S/C21H22N4/c1-12-9-13(2)20(15(4)14(12)3)25-16(5)24(6)19-8-7-17(10-22)18(11-23)21(19)25/h7-9,16H,1-6H3/t16-/m0/s1. The van der Waals surface area contributed by atoms with Crippen molar-refractivity contribution in [1.29, 1.82) is 10.5 Å². The summed E-state index contributed by atoms with van der Waals surface area (Å²) in [5, 5.41) is 19.2. The summed E-state index contributed by atoms with van der Waals surface area (Å²) in [6.07, 6.45) is 0.0653. The van der Waals surface area contributed by atoms with Crippen LogP contribution in [0.5, 0.6) is 0 Å². The molecule has 0 radical (unpaired) electrons. The number of hydrogen-bond donors (Lipinski definition) is 0. The quantitative estimate of drug-likeness (QED) is 0.767. The lowest BCUT2D eigenvalue weighted by molar-refractivity contribution is 0.730. The monoisotopic (exact) mass is 330 g/mol. The molecular formula is C21H22N4. The molecule has 0 aliphatic carbocycles. The van der Waals surface area contributed by atoms with Crippen molar-refractivity contribution in [2.45, 2.75) is 40.8 Å². The molecule has 0 aromatic heterocycles. The van der Waals surface area contributed by atoms with Gasteiger partial charge in [0, 0.05) is 12.7 Å². The first-order valence-corrected chi connectivity index (χ1v) is 8.40. The van der Waals surface area contributed by atoms with E-state index in [2.05, 4.69) is 62.6 Å². The van der Waals surface area contributed by atoms with E-state index >= 15 is 0 Å². The zero-order valence-electron chi connectivity index (χ0n) is 15.6. The zero-order chi connectivity index (χ0) is 18.5. The van der Waals surface area contributed by atoms with E-state index < -0.39 is 0 Å². The highest BCUT2D eigenvalue weighted by molar-refractivity contribution is 5.91. The largest absolute Gasteiger partial charge is 0.352 e. The van der Waals surface area contributed by atoms with Gasteiger partial charge in [0.2, 0.25) is 0 Å². The lowest BCUT2D eigenvalue weighted by Gasteiger charge is -2.31. The predicted molar refractivity (Wildman–Crippen MR) is 101 cm³/mol. The van der Waals surface area contributed by atoms with Gasteiger partial charge in [0.1, 0.15) is 18.3 Å². The van der Waals surface area contributed by atoms with Gasteiger partial charge < -0.3 is 9.80 Å². The van der Waals surface area contributed by atoms with Crippen LogP contribution in [-0.4, -0.2) is 13.2 Å². The molecule has 0 unspecified atom stereocenters. The van der Waals surface area contributed by atoms with Crippen LogP contribution in [0.1, 0.15) is 40.3 Å². The van der Waals surface area contributed by atoms with Crippen LogP contribution in [-0.2, 0) is 0 Å². The number of nitrogens with zero attached hydrogens (tertiary/aromatic N) is 4. The molecule has 1 aliphatic heterocycles. The molecule has 0 saturated carbocycles. The molecule has 126 valence electrons. The van der Waals surface area contributed by atoms with Gasteiger partial charge in [0.05, 0.1) is 22.5 Å². The Morgan fingerprint density at radius 2 is 1.60 bits per heavy atom. The van der Waals surface area contributed by atoms with Gasteiger partial charge in [-0.25, -0.2) is 0 Å². The van der Waals surface area contributed by atoms with Crippen LogP contribution < -0.4 is 9.80 Å². The van der Waals surface area contributed by atoms with Gasteiger partial charge in [0.25, 0.3) is 0 Å². The fourth-order valence-corrected chi connectivity index (χ4v) is 3.82. The second kappa shape index (κ2) is 5.83. The Morgan fingerprint density at radius 3 is 2.20 bits per heavy atom. The van der Waals surface area contributed by atoms with Gasteiger partial charge in [-0.3, -0.25) is 0 Å². The van der Waals surface area contributed by atoms with E-state index in [1.807, 2.05) is 13.1 Å². The minimum absolute atomic E-state index is 0.0653. The number of hydrogen-bond acceptors (Lipinski definition) is 4. The maximum absolute atomic E-state index is 9.74. The van der Waals surface area contributed by atoms with Gasteiger partial charge in [0.15, 0.2) is 0 Å². The summed E-state index contributed by atoms with van der Waals surface area (Å²) >= 11 is 0. The Morgan fingerprint density at radius 1 is 0.920 bits per heavy atom. The van der Waals surface area contributed by atoms with E-state index in [-0.39, 0.29) is 6.17 Å². The van der Waals surface area contributed by atoms with Crippen molar-refractivity contribution in [1.82, 2.24) is 0 Å². The van der Waals surface area contributed by atoms with E-state index in [0.717, 1.165) is 17.1 Å². The van der Waals surface area contributed by atoms with Gasteiger partial charge in [-0.15, -0.1) is 0 Å². The highest BCUT2D eigenvalue weighted by Crippen LogP contribution is 2.48. The Kier molecular flexibility index (Phi) is 3.93. The van der Waals surface area contributed by atoms with Crippen molar-refractivity contribution in [3.05, 3.63) is 51.6 Å². The molecule has 0 amide bonds. The van der Waals surface area contributed by atoms with Crippen LogP contribution in [0, 0.1) is 50.4 Å². The first kappa shape index (κ1) is 16.9. The summed E-state index contributed by atoms with van der Waals surface area (Å²) in [5.74, 6) is 0. The summed E-state index contributed by atoms with van der Waals surface area (Å²) in [4.78, 5) is 4.37. The summed E-state index contributed by atoms with van der Waals surface area (Å²) in [5.41, 5.74) is 8.76. The third kappa shape index (κ3) is 2.26. The number of benzene rings is 2. The molecule has 2 aromatic rings. The molecule has 1 heterocycles. The Hall–Kier alpha value is -2.98. The fourth-order valence-electron chi connectivity index (χ4n) is 3.82. The van der Waals surface area contributed by atoms with Crippen molar-refractivity contribution in [2.24, 2.45) is 0 Å². The maximum atomic E-state index is 9.74. The first-order chi connectivity index (χ1) is 11.8. The van der Waals surface area contributed by atoms with Crippen LogP contribution in [0.15, 0.2) is 18.2 Å². The van der Waals surface area contributed by atoms with Crippen LogP contribution in [0.2, 0.25) is 0 Å². The molecule has 1 atom stereocenters. The topological polar surface area (TPSA) is 54.1 Å². The normalized spacial score (nSPS) is 15.8. The molecular weight excluding hydrogens is 308 g/mol. The molecule has 3 rings (SSSR count). The smallest absolute Gasteiger partial charge is 0.103 e. The average molecular weight is 330 g/mol. The SMILES string of the molecule is Cc1cc(C)c(N2c3c(ccc(C#N)c3C#N)N(C)[C@@H]2C)c(C)c1C. The molecule has 2 aromatic carbocycles. The molecule has 4 nitrogen and oxygen atoms in total. The van der Waals surface area contributed by atoms with Crippen LogP contribution >= 0.6 is 0 Å². The van der Waals surface area contributed by atoms with E-state index in [9.17, 15) is 10.5 Å². The minimum atomic E-state index is 0.0653. The number of fused-ring (bicyclic) bond motifs is 1. The third-order valence-corrected chi connectivity index (χ3v) is 5.50. The molecule has 1 aliphatic rings. The first-order valence-electron chi connectivity index (χ1n) is 8.40. The highest BCUT2D eigenvalue weighted by atomic mass is 15.4. The molecule has 0 spiro atoms. The van der Waals surface area contributed by atoms with Gasteiger partial charge in [-0.05, 0) is 69.0 Å². The van der Waals surface area contributed by atoms with E-state index in [1.165, 1.54) is 22.3 Å². The fraction of sp³-hybridized carbons (Fsp3) is 0.333. The molecule has 0 saturated heterocycles. The minimum Gasteiger partial charge on any atom is -0.352 e. The van der Waals surface area contributed by atoms with E-state index in [4.69, 9.17) is 0 Å². The average Bonchev–Trinajstić information content (AvgIpc) is 2.84. The number of aryl methyl sites for hydroxylation is 2. The molecule has 0 fully saturated rings. The van der Waals surface area contributed by atoms with Crippen molar-refractivity contribution in [3.8, 4) is 12.1 Å². The Labute approximate surface area is 149 Å². The van der Waals surface area contributed by atoms with Crippen molar-refractivity contribution in [2.75, 3.05) is 16.8 Å². The third-order valence-electron chi connectivity index (χ3n) is 5.50. The lowest BCUT2D eigenvalue weighted by Crippen LogP contribution is -2.36. The second-order valence-corrected chi connectivity index (χ2v) is 6.80. The zero-order valence-corrected chi connectivity index (χ0v) is 15.6. The summed E-state index contributed by atoms with van der Waals surface area (Å²) in [6.45, 7) is 10.6. The van der Waals surface area contributed by atoms with E-state index in [0.29, 0.717) is 11.1 Å². The number of anilines is 3. The summed E-state index contributed by atoms with van der Waals surface area (Å²) in [7, 11) is 2.03. The number of rotatable bonds is 1. The Bertz CT molecular complexity index is 960. The molecule has 0 bridgehead atoms. The van der Waals surface area contributed by atoms with E-state index in [1.54, 1.807) is 6.07 Å². The van der Waals surface area contributed by atoms with Crippen molar-refractivity contribution < 1.29 is 0 Å². The predicted octanol–water partition coefficient (Wildman–Crippen LogP) is 4.60. The van der Waals surface area contributed by atoms with Crippen molar-refractivity contribution in [3.63, 3.8) is 0 Å². The van der Waals surface area contributed by atoms with Crippen LogP contribution in [0.4, 0.5) is 17.1 Å². The van der Waals surface area contributed by atoms with Crippen LogP contribution in [0.25, 0.3) is 0 Å². The maximum Gasteiger partial charge on any atom is 0.103 e. The van der Waals surface area contributed by atoms with Gasteiger partial charge in [-0.2, -0.15) is 10.5 Å². The summed E-state index contributed by atoms with van der Waals surface area (Å²) < 4.78 is 0. The molecule has 25 heavy (non-hydrogen) atoms. The highest BCUT2D eigenvalue weighted by Gasteiger charge is 2.36. The lowest BCUT2D eigenvalue weighted by atomic mass is 9.96. The summed E-state index contributed by atoms with van der Waals surface area (Å²) in [6, 6.07) is 10.3. The molecule has 0 N–H and O–H groups in total. The Balaban J connectivity index is 2.38. The number of nitriles is 2.